The molecular weight excluding hydrogens is 496 g/mol. The molecule has 9 heteroatoms. The summed E-state index contributed by atoms with van der Waals surface area (Å²) in [5.74, 6) is -1.21. The van der Waals surface area contributed by atoms with E-state index < -0.39 is 18.1 Å². The van der Waals surface area contributed by atoms with Gasteiger partial charge in [-0.15, -0.1) is 0 Å². The number of rotatable bonds is 5. The Kier molecular flexibility index (Phi) is 12.4. The van der Waals surface area contributed by atoms with E-state index in [1.54, 1.807) is 19.1 Å². The summed E-state index contributed by atoms with van der Waals surface area (Å²) in [6.07, 6.45) is 10.6. The summed E-state index contributed by atoms with van der Waals surface area (Å²) in [7, 11) is 3.85. The molecule has 2 rings (SSSR count). The van der Waals surface area contributed by atoms with Gasteiger partial charge in [-0.2, -0.15) is 0 Å². The lowest BCUT2D eigenvalue weighted by Gasteiger charge is -2.25. The number of primary amides is 1. The van der Waals surface area contributed by atoms with Crippen LogP contribution in [0.5, 0.6) is 0 Å². The Morgan fingerprint density at radius 2 is 1.90 bits per heavy atom. The molecule has 0 unspecified atom stereocenters. The highest BCUT2D eigenvalue weighted by molar-refractivity contribution is 6.23. The van der Waals surface area contributed by atoms with Gasteiger partial charge in [-0.1, -0.05) is 43.7 Å². The van der Waals surface area contributed by atoms with E-state index in [9.17, 15) is 19.2 Å². The number of nitrogens with one attached hydrogen (secondary N) is 2. The predicted octanol–water partition coefficient (Wildman–Crippen LogP) is 3.69. The summed E-state index contributed by atoms with van der Waals surface area (Å²) < 4.78 is 5.46. The van der Waals surface area contributed by atoms with Gasteiger partial charge in [-0.05, 0) is 66.0 Å². The fourth-order valence-electron chi connectivity index (χ4n) is 4.61. The van der Waals surface area contributed by atoms with Crippen LogP contribution in [0.1, 0.15) is 59.8 Å². The van der Waals surface area contributed by atoms with Gasteiger partial charge in [0.25, 0.3) is 5.91 Å². The second-order valence-electron chi connectivity index (χ2n) is 10.8. The molecule has 1 aliphatic carbocycles. The summed E-state index contributed by atoms with van der Waals surface area (Å²) in [6.45, 7) is 8.86. The highest BCUT2D eigenvalue weighted by Crippen LogP contribution is 2.28. The topological polar surface area (TPSA) is 131 Å². The second kappa shape index (κ2) is 15.2. The summed E-state index contributed by atoms with van der Waals surface area (Å²) >= 11 is 0. The van der Waals surface area contributed by atoms with Crippen LogP contribution in [0.2, 0.25) is 0 Å². The monoisotopic (exact) mass is 540 g/mol. The molecule has 9 nitrogen and oxygen atoms in total. The molecule has 0 aromatic heterocycles. The third kappa shape index (κ3) is 10.3. The molecular formula is C30H44N4O5. The lowest BCUT2D eigenvalue weighted by molar-refractivity contribution is -0.120. The first-order valence-corrected chi connectivity index (χ1v) is 13.6. The molecule has 0 aromatic rings. The molecule has 4 N–H and O–H groups in total. The number of ether oxygens (including phenoxy) is 1. The zero-order valence-corrected chi connectivity index (χ0v) is 24.1. The van der Waals surface area contributed by atoms with Gasteiger partial charge in [0.05, 0.1) is 11.4 Å². The second-order valence-corrected chi connectivity index (χ2v) is 10.8. The fourth-order valence-corrected chi connectivity index (χ4v) is 4.61. The van der Waals surface area contributed by atoms with E-state index in [4.69, 9.17) is 10.5 Å². The predicted molar refractivity (Wildman–Crippen MR) is 152 cm³/mol. The zero-order valence-electron chi connectivity index (χ0n) is 24.1. The van der Waals surface area contributed by atoms with Crippen LogP contribution in [0, 0.1) is 11.8 Å². The summed E-state index contributed by atoms with van der Waals surface area (Å²) in [4.78, 5) is 53.1. The number of nitrogens with zero attached hydrogens (tertiary/aromatic N) is 1. The van der Waals surface area contributed by atoms with Crippen molar-refractivity contribution in [1.82, 2.24) is 15.5 Å². The van der Waals surface area contributed by atoms with Gasteiger partial charge in [0.15, 0.2) is 0 Å². The Morgan fingerprint density at radius 3 is 2.56 bits per heavy atom. The number of ketones is 2. The van der Waals surface area contributed by atoms with Crippen LogP contribution >= 0.6 is 0 Å². The van der Waals surface area contributed by atoms with E-state index in [0.717, 1.165) is 18.4 Å². The molecule has 0 spiro atoms. The number of hydrogen-bond acceptors (Lipinski definition) is 7. The molecule has 214 valence electrons. The van der Waals surface area contributed by atoms with E-state index in [0.29, 0.717) is 43.5 Å². The number of nitrogens with two attached hydrogens (primary N) is 1. The van der Waals surface area contributed by atoms with Crippen LogP contribution in [0.4, 0.5) is 4.79 Å². The van der Waals surface area contributed by atoms with Crippen LogP contribution in [0.25, 0.3) is 0 Å². The van der Waals surface area contributed by atoms with E-state index in [1.807, 2.05) is 45.8 Å². The van der Waals surface area contributed by atoms with Gasteiger partial charge in [0.1, 0.15) is 6.10 Å². The number of amides is 2. The Balaban J connectivity index is 2.43. The van der Waals surface area contributed by atoms with Crippen LogP contribution < -0.4 is 16.4 Å². The number of carbonyl (C=O) groups is 4. The van der Waals surface area contributed by atoms with Crippen molar-refractivity contribution in [1.29, 1.82) is 0 Å². The lowest BCUT2D eigenvalue weighted by Crippen LogP contribution is -2.37. The fraction of sp³-hybridized carbons (Fsp3) is 0.533. The van der Waals surface area contributed by atoms with Crippen molar-refractivity contribution < 1.29 is 23.9 Å². The van der Waals surface area contributed by atoms with Crippen molar-refractivity contribution in [3.05, 3.63) is 58.5 Å². The Labute approximate surface area is 232 Å². The summed E-state index contributed by atoms with van der Waals surface area (Å²) in [6, 6.07) is 0. The average Bonchev–Trinajstić information content (AvgIpc) is 2.84. The number of Topliss-reactive ketones (excluding diaryl/α,β-unsaturated/α-hetero) is 1. The molecule has 0 saturated heterocycles. The maximum atomic E-state index is 13.5. The highest BCUT2D eigenvalue weighted by Gasteiger charge is 2.31. The van der Waals surface area contributed by atoms with Crippen molar-refractivity contribution in [2.45, 2.75) is 65.9 Å². The van der Waals surface area contributed by atoms with E-state index in [-0.39, 0.29) is 34.8 Å². The van der Waals surface area contributed by atoms with Crippen molar-refractivity contribution in [2.24, 2.45) is 17.6 Å². The van der Waals surface area contributed by atoms with Crippen molar-refractivity contribution in [3.8, 4) is 0 Å². The first kappa shape index (κ1) is 31.8. The normalized spacial score (nSPS) is 27.6. The van der Waals surface area contributed by atoms with Gasteiger partial charge in [-0.3, -0.25) is 14.4 Å². The quantitative estimate of drug-likeness (QED) is 0.358. The first-order chi connectivity index (χ1) is 18.4. The van der Waals surface area contributed by atoms with E-state index in [2.05, 4.69) is 16.7 Å². The lowest BCUT2D eigenvalue weighted by atomic mass is 9.86. The Hall–Kier alpha value is -3.46. The number of hydrogen-bond donors (Lipinski definition) is 3. The Bertz CT molecular complexity index is 1100. The van der Waals surface area contributed by atoms with Crippen molar-refractivity contribution >= 4 is 23.6 Å². The minimum Gasteiger partial charge on any atom is -0.446 e. The van der Waals surface area contributed by atoms with Crippen LogP contribution in [-0.4, -0.2) is 61.8 Å². The zero-order chi connectivity index (χ0) is 29.1. The molecule has 0 radical (unpaired) electrons. The number of allylic oxidation sites excluding steroid dienone is 6. The molecule has 1 aliphatic heterocycles. The molecule has 3 atom stereocenters. The van der Waals surface area contributed by atoms with Gasteiger partial charge < -0.3 is 26.0 Å². The van der Waals surface area contributed by atoms with Crippen LogP contribution in [0.3, 0.4) is 0 Å². The van der Waals surface area contributed by atoms with E-state index in [1.165, 1.54) is 6.08 Å². The van der Waals surface area contributed by atoms with E-state index >= 15 is 0 Å². The molecule has 0 fully saturated rings. The van der Waals surface area contributed by atoms with Gasteiger partial charge in [0.2, 0.25) is 11.6 Å². The highest BCUT2D eigenvalue weighted by atomic mass is 16.6. The largest absolute Gasteiger partial charge is 0.446 e. The number of carbonyl (C=O) groups excluding carboxylic acids is 4. The maximum absolute atomic E-state index is 13.5. The Morgan fingerprint density at radius 1 is 1.18 bits per heavy atom. The smallest absolute Gasteiger partial charge is 0.404 e. The van der Waals surface area contributed by atoms with Gasteiger partial charge in [-0.25, -0.2) is 4.79 Å². The third-order valence-electron chi connectivity index (χ3n) is 6.90. The standard InChI is InChI=1S/C30H44N4O5/c1-19-10-8-7-9-11-21(3)29(37)33-24-18-25(35)27(32-14-15-34(5)6)23(28(24)36)17-20(2)12-13-26(22(4)16-19)39-30(31)38/h7,9,11,16,18,20,22,26,32H,8,10,12-15,17H2,1-6H3,(H2,31,38)(H,33,37)/b9-7-,19-16+,21-11+/t20-,22-,26-/m1/s1. The first-order valence-electron chi connectivity index (χ1n) is 13.6. The SMILES string of the molecule is C/C1=C\[C@@H](C)[C@H](OC(N)=O)CC[C@@H](C)CC2=C(NCCN(C)C)C(=O)C=C(NC(=O)/C(C)=C/C=C\CC1)C2=O. The number of fused-ring (bicyclic) bond motifs is 2. The average molecular weight is 541 g/mol. The molecule has 2 bridgehead atoms. The van der Waals surface area contributed by atoms with Crippen molar-refractivity contribution in [3.63, 3.8) is 0 Å². The maximum Gasteiger partial charge on any atom is 0.404 e. The molecule has 2 amide bonds. The van der Waals surface area contributed by atoms with Crippen LogP contribution in [-0.2, 0) is 19.1 Å². The summed E-state index contributed by atoms with van der Waals surface area (Å²) in [5, 5.41) is 5.79. The molecule has 2 aliphatic rings. The number of likely N-dealkylation sites (N-methyl/N-ethyl adjacent to an activating group) is 1. The molecule has 0 saturated carbocycles. The minimum absolute atomic E-state index is 0.0124. The molecule has 0 aromatic carbocycles. The molecule has 1 heterocycles. The summed E-state index contributed by atoms with van der Waals surface area (Å²) in [5.41, 5.74) is 7.55. The molecule has 39 heavy (non-hydrogen) atoms. The minimum atomic E-state index is -0.817. The van der Waals surface area contributed by atoms with Gasteiger partial charge in [0, 0.05) is 36.2 Å². The van der Waals surface area contributed by atoms with Crippen LogP contribution in [0.15, 0.2) is 58.5 Å². The van der Waals surface area contributed by atoms with Gasteiger partial charge >= 0.3 is 6.09 Å². The van der Waals surface area contributed by atoms with Crippen molar-refractivity contribution in [2.75, 3.05) is 27.2 Å². The third-order valence-corrected chi connectivity index (χ3v) is 6.90.